The summed E-state index contributed by atoms with van der Waals surface area (Å²) >= 11 is 0. The number of ether oxygens (including phenoxy) is 2. The Morgan fingerprint density at radius 2 is 1.81 bits per heavy atom. The van der Waals surface area contributed by atoms with Gasteiger partial charge < -0.3 is 14.8 Å². The van der Waals surface area contributed by atoms with Crippen LogP contribution in [0.1, 0.15) is 44.2 Å². The fraction of sp³-hybridized carbons (Fsp3) is 0.619. The Bertz CT molecular complexity index is 634. The van der Waals surface area contributed by atoms with Crippen molar-refractivity contribution in [2.75, 3.05) is 33.4 Å². The molecular formula is C21H30N2O4. The van der Waals surface area contributed by atoms with E-state index < -0.39 is 0 Å². The van der Waals surface area contributed by atoms with Gasteiger partial charge in [-0.05, 0) is 69.3 Å². The van der Waals surface area contributed by atoms with E-state index in [-0.39, 0.29) is 23.8 Å². The predicted octanol–water partition coefficient (Wildman–Crippen LogP) is 2.54. The summed E-state index contributed by atoms with van der Waals surface area (Å²) in [5.74, 6) is 1.27. The molecule has 0 bridgehead atoms. The number of likely N-dealkylation sites (tertiary alicyclic amines) is 1. The molecule has 3 rings (SSSR count). The molecule has 1 aromatic rings. The summed E-state index contributed by atoms with van der Waals surface area (Å²) < 4.78 is 10.3. The summed E-state index contributed by atoms with van der Waals surface area (Å²) in [6.07, 6.45) is 3.83. The normalized spacial score (nSPS) is 19.3. The molecule has 2 aliphatic rings. The van der Waals surface area contributed by atoms with E-state index >= 15 is 0 Å². The van der Waals surface area contributed by atoms with Crippen LogP contribution in [0.15, 0.2) is 24.3 Å². The quantitative estimate of drug-likeness (QED) is 0.708. The Morgan fingerprint density at radius 3 is 2.37 bits per heavy atom. The summed E-state index contributed by atoms with van der Waals surface area (Å²) in [5.41, 5.74) is 1.13. The second kappa shape index (κ2) is 9.22. The van der Waals surface area contributed by atoms with Gasteiger partial charge in [-0.3, -0.25) is 14.5 Å². The zero-order chi connectivity index (χ0) is 19.2. The lowest BCUT2D eigenvalue weighted by molar-refractivity contribution is -0.149. The molecule has 27 heavy (non-hydrogen) atoms. The molecule has 1 aliphatic carbocycles. The third kappa shape index (κ3) is 5.45. The maximum absolute atomic E-state index is 12.6. The number of nitrogens with zero attached hydrogens (tertiary/aromatic N) is 1. The maximum Gasteiger partial charge on any atom is 0.309 e. The zero-order valence-corrected chi connectivity index (χ0v) is 16.3. The minimum Gasteiger partial charge on any atom is -0.497 e. The highest BCUT2D eigenvalue weighted by Gasteiger charge is 2.34. The van der Waals surface area contributed by atoms with Gasteiger partial charge in [0.15, 0.2) is 0 Å². The molecule has 0 spiro atoms. The zero-order valence-electron chi connectivity index (χ0n) is 16.3. The number of piperidine rings is 1. The van der Waals surface area contributed by atoms with E-state index in [0.29, 0.717) is 19.1 Å². The van der Waals surface area contributed by atoms with Crippen LogP contribution in [0.2, 0.25) is 0 Å². The molecule has 1 N–H and O–H groups in total. The molecule has 6 nitrogen and oxygen atoms in total. The second-order valence-electron chi connectivity index (χ2n) is 7.46. The first-order valence-electron chi connectivity index (χ1n) is 9.93. The van der Waals surface area contributed by atoms with Crippen LogP contribution in [0, 0.1) is 11.8 Å². The van der Waals surface area contributed by atoms with Gasteiger partial charge in [-0.25, -0.2) is 0 Å². The number of hydrogen-bond acceptors (Lipinski definition) is 5. The van der Waals surface area contributed by atoms with Crippen molar-refractivity contribution in [3.05, 3.63) is 29.8 Å². The van der Waals surface area contributed by atoms with E-state index in [0.717, 1.165) is 50.1 Å². The number of benzene rings is 1. The fourth-order valence-corrected chi connectivity index (χ4v) is 3.72. The lowest BCUT2D eigenvalue weighted by Crippen LogP contribution is -2.44. The van der Waals surface area contributed by atoms with Crippen molar-refractivity contribution in [1.82, 2.24) is 10.2 Å². The van der Waals surface area contributed by atoms with Crippen molar-refractivity contribution in [2.24, 2.45) is 11.8 Å². The van der Waals surface area contributed by atoms with Gasteiger partial charge in [-0.1, -0.05) is 12.1 Å². The minimum absolute atomic E-state index is 0.0252. The van der Waals surface area contributed by atoms with Crippen LogP contribution in [0.5, 0.6) is 5.75 Å². The molecule has 1 heterocycles. The number of hydrogen-bond donors (Lipinski definition) is 1. The number of nitrogens with one attached hydrogen (secondary N) is 1. The Kier molecular flexibility index (Phi) is 6.72. The lowest BCUT2D eigenvalue weighted by Gasteiger charge is -2.30. The number of esters is 1. The average molecular weight is 374 g/mol. The monoisotopic (exact) mass is 374 g/mol. The molecule has 1 saturated carbocycles. The highest BCUT2D eigenvalue weighted by atomic mass is 16.5. The Labute approximate surface area is 161 Å². The summed E-state index contributed by atoms with van der Waals surface area (Å²) in [7, 11) is 1.65. The van der Waals surface area contributed by atoms with Gasteiger partial charge in [0, 0.05) is 0 Å². The van der Waals surface area contributed by atoms with Gasteiger partial charge in [-0.2, -0.15) is 0 Å². The first-order valence-corrected chi connectivity index (χ1v) is 9.93. The number of carbonyl (C=O) groups is 2. The number of rotatable bonds is 8. The predicted molar refractivity (Wildman–Crippen MR) is 102 cm³/mol. The molecule has 0 aromatic heterocycles. The van der Waals surface area contributed by atoms with Gasteiger partial charge in [0.05, 0.1) is 32.2 Å². The van der Waals surface area contributed by atoms with E-state index in [4.69, 9.17) is 9.47 Å². The van der Waals surface area contributed by atoms with E-state index in [9.17, 15) is 9.59 Å². The number of carbonyl (C=O) groups excluding carboxylic acids is 2. The first kappa shape index (κ1) is 19.7. The van der Waals surface area contributed by atoms with Crippen molar-refractivity contribution < 1.29 is 19.1 Å². The maximum atomic E-state index is 12.6. The Balaban J connectivity index is 1.49. The van der Waals surface area contributed by atoms with Gasteiger partial charge in [0.2, 0.25) is 5.91 Å². The summed E-state index contributed by atoms with van der Waals surface area (Å²) in [5, 5.41) is 3.22. The lowest BCUT2D eigenvalue weighted by atomic mass is 9.97. The van der Waals surface area contributed by atoms with Crippen LogP contribution in [0.3, 0.4) is 0 Å². The van der Waals surface area contributed by atoms with Crippen molar-refractivity contribution in [2.45, 2.75) is 38.6 Å². The molecule has 6 heteroatoms. The molecular weight excluding hydrogens is 344 g/mol. The Morgan fingerprint density at radius 1 is 1.15 bits per heavy atom. The topological polar surface area (TPSA) is 67.9 Å². The molecule has 1 atom stereocenters. The minimum atomic E-state index is -0.102. The standard InChI is InChI=1S/C21H30N2O4/c1-3-27-21(25)17-10-12-23(13-11-17)14-19(24)22-20(15-4-5-15)16-6-8-18(26-2)9-7-16/h6-9,15,17,20H,3-5,10-14H2,1-2H3,(H,22,24). The highest BCUT2D eigenvalue weighted by molar-refractivity contribution is 5.78. The first-order chi connectivity index (χ1) is 13.1. The second-order valence-corrected chi connectivity index (χ2v) is 7.46. The van der Waals surface area contributed by atoms with Crippen LogP contribution < -0.4 is 10.1 Å². The van der Waals surface area contributed by atoms with Crippen LogP contribution >= 0.6 is 0 Å². The molecule has 1 aromatic carbocycles. The van der Waals surface area contributed by atoms with Crippen molar-refractivity contribution in [1.29, 1.82) is 0 Å². The van der Waals surface area contributed by atoms with Gasteiger partial charge in [-0.15, -0.1) is 0 Å². The van der Waals surface area contributed by atoms with E-state index in [1.807, 2.05) is 31.2 Å². The molecule has 2 fully saturated rings. The smallest absolute Gasteiger partial charge is 0.309 e. The summed E-state index contributed by atoms with van der Waals surface area (Å²) in [4.78, 5) is 26.6. The third-order valence-electron chi connectivity index (χ3n) is 5.46. The molecule has 1 aliphatic heterocycles. The molecule has 0 radical (unpaired) electrons. The van der Waals surface area contributed by atoms with Crippen molar-refractivity contribution in [3.63, 3.8) is 0 Å². The molecule has 1 amide bonds. The van der Waals surface area contributed by atoms with Crippen molar-refractivity contribution in [3.8, 4) is 5.75 Å². The molecule has 1 saturated heterocycles. The van der Waals surface area contributed by atoms with E-state index in [1.54, 1.807) is 7.11 Å². The fourth-order valence-electron chi connectivity index (χ4n) is 3.72. The number of methoxy groups -OCH3 is 1. The van der Waals surface area contributed by atoms with E-state index in [2.05, 4.69) is 10.2 Å². The largest absolute Gasteiger partial charge is 0.497 e. The average Bonchev–Trinajstić information content (AvgIpc) is 3.52. The summed E-state index contributed by atoms with van der Waals surface area (Å²) in [6, 6.07) is 8.02. The van der Waals surface area contributed by atoms with Crippen LogP contribution in [0.25, 0.3) is 0 Å². The molecule has 148 valence electrons. The Hall–Kier alpha value is -2.08. The highest BCUT2D eigenvalue weighted by Crippen LogP contribution is 2.41. The van der Waals surface area contributed by atoms with Crippen LogP contribution in [-0.2, 0) is 14.3 Å². The third-order valence-corrected chi connectivity index (χ3v) is 5.46. The summed E-state index contributed by atoms with van der Waals surface area (Å²) in [6.45, 7) is 4.15. The number of amides is 1. The van der Waals surface area contributed by atoms with Gasteiger partial charge in [0.25, 0.3) is 0 Å². The van der Waals surface area contributed by atoms with Gasteiger partial charge in [0.1, 0.15) is 5.75 Å². The van der Waals surface area contributed by atoms with Crippen molar-refractivity contribution >= 4 is 11.9 Å². The van der Waals surface area contributed by atoms with Crippen LogP contribution in [0.4, 0.5) is 0 Å². The van der Waals surface area contributed by atoms with Gasteiger partial charge >= 0.3 is 5.97 Å². The molecule has 1 unspecified atom stereocenters. The SMILES string of the molecule is CCOC(=O)C1CCN(CC(=O)NC(c2ccc(OC)cc2)C2CC2)CC1. The van der Waals surface area contributed by atoms with E-state index in [1.165, 1.54) is 0 Å². The van der Waals surface area contributed by atoms with Crippen LogP contribution in [-0.4, -0.2) is 50.1 Å².